The van der Waals surface area contributed by atoms with Crippen LogP contribution >= 0.6 is 0 Å². The number of oxime groups is 1. The molecule has 0 bridgehead atoms. The van der Waals surface area contributed by atoms with Gasteiger partial charge in [0, 0.05) is 24.1 Å². The minimum Gasteiger partial charge on any atom is -0.409 e. The summed E-state index contributed by atoms with van der Waals surface area (Å²) in [7, 11) is 0. The standard InChI is InChI=1S/C14H21N3O2/c1-14(2,3)13(18)17(10-9-12(15)16-19)11-7-5-4-6-8-11/h4-8,19H,9-10H2,1-3H3,(H2,15,16). The molecule has 3 N–H and O–H groups in total. The van der Waals surface area contributed by atoms with Gasteiger partial charge in [0.25, 0.3) is 0 Å². The molecule has 0 saturated carbocycles. The van der Waals surface area contributed by atoms with Gasteiger partial charge in [-0.2, -0.15) is 0 Å². The first-order chi connectivity index (χ1) is 8.86. The Morgan fingerprint density at radius 3 is 2.37 bits per heavy atom. The highest BCUT2D eigenvalue weighted by Gasteiger charge is 2.28. The predicted molar refractivity (Wildman–Crippen MR) is 76.3 cm³/mol. The number of carbonyl (C=O) groups excluding carboxylic acids is 1. The highest BCUT2D eigenvalue weighted by molar-refractivity contribution is 5.97. The molecule has 1 amide bonds. The van der Waals surface area contributed by atoms with Crippen LogP contribution < -0.4 is 10.6 Å². The van der Waals surface area contributed by atoms with Crippen LogP contribution in [0.2, 0.25) is 0 Å². The zero-order chi connectivity index (χ0) is 14.5. The average Bonchev–Trinajstić information content (AvgIpc) is 2.38. The monoisotopic (exact) mass is 263 g/mol. The number of rotatable bonds is 4. The molecule has 0 saturated heterocycles. The van der Waals surface area contributed by atoms with Gasteiger partial charge in [0.2, 0.25) is 5.91 Å². The second-order valence-corrected chi connectivity index (χ2v) is 5.38. The van der Waals surface area contributed by atoms with Gasteiger partial charge in [0.15, 0.2) is 0 Å². The molecule has 0 aliphatic heterocycles. The fourth-order valence-corrected chi connectivity index (χ4v) is 1.64. The van der Waals surface area contributed by atoms with Gasteiger partial charge < -0.3 is 15.8 Å². The number of hydrogen-bond acceptors (Lipinski definition) is 3. The summed E-state index contributed by atoms with van der Waals surface area (Å²) in [4.78, 5) is 14.1. The van der Waals surface area contributed by atoms with E-state index in [-0.39, 0.29) is 11.7 Å². The minimum atomic E-state index is -0.485. The lowest BCUT2D eigenvalue weighted by molar-refractivity contribution is -0.125. The minimum absolute atomic E-state index is 0.00411. The first kappa shape index (κ1) is 15.0. The second kappa shape index (κ2) is 6.22. The van der Waals surface area contributed by atoms with Crippen LogP contribution in [-0.2, 0) is 4.79 Å². The van der Waals surface area contributed by atoms with Crippen molar-refractivity contribution in [1.29, 1.82) is 0 Å². The van der Waals surface area contributed by atoms with Crippen molar-refractivity contribution in [1.82, 2.24) is 0 Å². The quantitative estimate of drug-likeness (QED) is 0.378. The van der Waals surface area contributed by atoms with Crippen LogP contribution in [0.4, 0.5) is 5.69 Å². The van der Waals surface area contributed by atoms with Crippen molar-refractivity contribution in [2.24, 2.45) is 16.3 Å². The fourth-order valence-electron chi connectivity index (χ4n) is 1.64. The van der Waals surface area contributed by atoms with Crippen LogP contribution in [0.1, 0.15) is 27.2 Å². The third-order valence-electron chi connectivity index (χ3n) is 2.67. The lowest BCUT2D eigenvalue weighted by atomic mass is 9.94. The first-order valence-electron chi connectivity index (χ1n) is 6.19. The largest absolute Gasteiger partial charge is 0.409 e. The highest BCUT2D eigenvalue weighted by Crippen LogP contribution is 2.23. The molecule has 19 heavy (non-hydrogen) atoms. The van der Waals surface area contributed by atoms with Gasteiger partial charge in [-0.15, -0.1) is 0 Å². The normalized spacial score (nSPS) is 12.3. The molecule has 0 heterocycles. The molecule has 0 spiro atoms. The van der Waals surface area contributed by atoms with Crippen LogP contribution in [0.5, 0.6) is 0 Å². The van der Waals surface area contributed by atoms with Gasteiger partial charge in [-0.3, -0.25) is 4.79 Å². The molecule has 0 aromatic heterocycles. The Bertz CT molecular complexity index is 450. The SMILES string of the molecule is CC(C)(C)C(=O)N(CCC(N)=NO)c1ccccc1. The van der Waals surface area contributed by atoms with Gasteiger partial charge in [-0.25, -0.2) is 0 Å². The highest BCUT2D eigenvalue weighted by atomic mass is 16.4. The van der Waals surface area contributed by atoms with Crippen molar-refractivity contribution in [2.75, 3.05) is 11.4 Å². The maximum Gasteiger partial charge on any atom is 0.232 e. The number of benzene rings is 1. The summed E-state index contributed by atoms with van der Waals surface area (Å²) >= 11 is 0. The van der Waals surface area contributed by atoms with E-state index >= 15 is 0 Å². The van der Waals surface area contributed by atoms with E-state index in [0.29, 0.717) is 13.0 Å². The van der Waals surface area contributed by atoms with Crippen molar-refractivity contribution < 1.29 is 10.0 Å². The molecule has 0 aliphatic carbocycles. The number of carbonyl (C=O) groups is 1. The number of para-hydroxylation sites is 1. The van der Waals surface area contributed by atoms with E-state index in [9.17, 15) is 4.79 Å². The number of anilines is 1. The third kappa shape index (κ3) is 4.28. The van der Waals surface area contributed by atoms with E-state index in [4.69, 9.17) is 10.9 Å². The predicted octanol–water partition coefficient (Wildman–Crippen LogP) is 2.20. The molecular weight excluding hydrogens is 242 g/mol. The number of hydrogen-bond donors (Lipinski definition) is 2. The Morgan fingerprint density at radius 2 is 1.89 bits per heavy atom. The van der Waals surface area contributed by atoms with Crippen LogP contribution in [0, 0.1) is 5.41 Å². The molecule has 0 atom stereocenters. The molecular formula is C14H21N3O2. The van der Waals surface area contributed by atoms with Crippen LogP contribution in [0.25, 0.3) is 0 Å². The summed E-state index contributed by atoms with van der Waals surface area (Å²) in [6.45, 7) is 5.99. The summed E-state index contributed by atoms with van der Waals surface area (Å²) in [5, 5.41) is 11.5. The van der Waals surface area contributed by atoms with Crippen LogP contribution in [0.15, 0.2) is 35.5 Å². The molecule has 104 valence electrons. The number of amidine groups is 1. The summed E-state index contributed by atoms with van der Waals surface area (Å²) < 4.78 is 0. The van der Waals surface area contributed by atoms with Gasteiger partial charge in [0.05, 0.1) is 0 Å². The zero-order valence-corrected chi connectivity index (χ0v) is 11.6. The van der Waals surface area contributed by atoms with Crippen molar-refractivity contribution in [2.45, 2.75) is 27.2 Å². The maximum absolute atomic E-state index is 12.4. The topological polar surface area (TPSA) is 78.9 Å². The molecule has 0 fully saturated rings. The summed E-state index contributed by atoms with van der Waals surface area (Å²) in [6, 6.07) is 9.39. The Morgan fingerprint density at radius 1 is 1.32 bits per heavy atom. The molecule has 1 aromatic rings. The van der Waals surface area contributed by atoms with Crippen molar-refractivity contribution in [3.05, 3.63) is 30.3 Å². The van der Waals surface area contributed by atoms with Crippen LogP contribution in [0.3, 0.4) is 0 Å². The third-order valence-corrected chi connectivity index (χ3v) is 2.67. The van der Waals surface area contributed by atoms with Gasteiger partial charge in [-0.05, 0) is 12.1 Å². The Kier molecular flexibility index (Phi) is 4.92. The van der Waals surface area contributed by atoms with E-state index in [2.05, 4.69) is 5.16 Å². The van der Waals surface area contributed by atoms with E-state index in [1.807, 2.05) is 51.1 Å². The fraction of sp³-hybridized carbons (Fsp3) is 0.429. The van der Waals surface area contributed by atoms with E-state index in [1.165, 1.54) is 0 Å². The van der Waals surface area contributed by atoms with E-state index in [1.54, 1.807) is 4.90 Å². The lowest BCUT2D eigenvalue weighted by Crippen LogP contribution is -2.41. The summed E-state index contributed by atoms with van der Waals surface area (Å²) in [6.07, 6.45) is 0.327. The van der Waals surface area contributed by atoms with Crippen LogP contribution in [-0.4, -0.2) is 23.5 Å². The molecule has 0 aliphatic rings. The second-order valence-electron chi connectivity index (χ2n) is 5.38. The Hall–Kier alpha value is -2.04. The number of nitrogens with two attached hydrogens (primary N) is 1. The van der Waals surface area contributed by atoms with E-state index < -0.39 is 5.41 Å². The van der Waals surface area contributed by atoms with E-state index in [0.717, 1.165) is 5.69 Å². The lowest BCUT2D eigenvalue weighted by Gasteiger charge is -2.29. The Balaban J connectivity index is 2.95. The first-order valence-corrected chi connectivity index (χ1v) is 6.19. The van der Waals surface area contributed by atoms with Gasteiger partial charge >= 0.3 is 0 Å². The molecule has 0 radical (unpaired) electrons. The van der Waals surface area contributed by atoms with Crippen molar-refractivity contribution in [3.8, 4) is 0 Å². The smallest absolute Gasteiger partial charge is 0.232 e. The van der Waals surface area contributed by atoms with Gasteiger partial charge in [0.1, 0.15) is 5.84 Å². The summed E-state index contributed by atoms with van der Waals surface area (Å²) in [5.74, 6) is 0.118. The number of amides is 1. The zero-order valence-electron chi connectivity index (χ0n) is 11.6. The van der Waals surface area contributed by atoms with Crippen molar-refractivity contribution in [3.63, 3.8) is 0 Å². The molecule has 5 heteroatoms. The molecule has 5 nitrogen and oxygen atoms in total. The number of nitrogens with zero attached hydrogens (tertiary/aromatic N) is 2. The average molecular weight is 263 g/mol. The van der Waals surface area contributed by atoms with Gasteiger partial charge in [-0.1, -0.05) is 44.1 Å². The molecule has 1 aromatic carbocycles. The Labute approximate surface area is 113 Å². The summed E-state index contributed by atoms with van der Waals surface area (Å²) in [5.41, 5.74) is 5.80. The molecule has 1 rings (SSSR count). The maximum atomic E-state index is 12.4. The molecule has 0 unspecified atom stereocenters. The van der Waals surface area contributed by atoms with Crippen molar-refractivity contribution >= 4 is 17.4 Å².